The second-order valence-electron chi connectivity index (χ2n) is 4.12. The van der Waals surface area contributed by atoms with E-state index in [-0.39, 0.29) is 18.6 Å². The Morgan fingerprint density at radius 1 is 1.37 bits per heavy atom. The van der Waals surface area contributed by atoms with E-state index < -0.39 is 24.5 Å². The molecule has 108 valence electrons. The van der Waals surface area contributed by atoms with Gasteiger partial charge in [-0.05, 0) is 30.5 Å². The number of alkyl halides is 3. The number of nitrogens with two attached hydrogens (primary N) is 1. The van der Waals surface area contributed by atoms with Crippen LogP contribution in [0.4, 0.5) is 17.6 Å². The fraction of sp³-hybridized carbons (Fsp3) is 0.500. The fourth-order valence-electron chi connectivity index (χ4n) is 1.75. The van der Waals surface area contributed by atoms with E-state index in [1.54, 1.807) is 0 Å². The Morgan fingerprint density at radius 3 is 2.58 bits per heavy atom. The molecular formula is C12H16F4N2O. The van der Waals surface area contributed by atoms with Gasteiger partial charge in [-0.1, -0.05) is 6.07 Å². The number of hydrazine groups is 1. The van der Waals surface area contributed by atoms with Crippen molar-refractivity contribution in [2.24, 2.45) is 5.84 Å². The lowest BCUT2D eigenvalue weighted by Gasteiger charge is -2.17. The molecule has 0 spiro atoms. The average Bonchev–Trinajstić information content (AvgIpc) is 2.34. The van der Waals surface area contributed by atoms with Crippen LogP contribution in [0.25, 0.3) is 0 Å². The van der Waals surface area contributed by atoms with Crippen molar-refractivity contribution >= 4 is 0 Å². The summed E-state index contributed by atoms with van der Waals surface area (Å²) >= 11 is 0. The second kappa shape index (κ2) is 6.72. The Morgan fingerprint density at radius 2 is 2.05 bits per heavy atom. The Bertz CT molecular complexity index is 409. The number of halogens is 4. The summed E-state index contributed by atoms with van der Waals surface area (Å²) in [7, 11) is 1.32. The second-order valence-corrected chi connectivity index (χ2v) is 4.12. The van der Waals surface area contributed by atoms with E-state index >= 15 is 0 Å². The molecule has 1 atom stereocenters. The number of benzene rings is 1. The topological polar surface area (TPSA) is 47.3 Å². The highest BCUT2D eigenvalue weighted by atomic mass is 19.4. The van der Waals surface area contributed by atoms with Crippen LogP contribution >= 0.6 is 0 Å². The normalized spacial score (nSPS) is 13.4. The van der Waals surface area contributed by atoms with Gasteiger partial charge in [0.15, 0.2) is 11.6 Å². The molecule has 0 radical (unpaired) electrons. The zero-order valence-corrected chi connectivity index (χ0v) is 10.4. The van der Waals surface area contributed by atoms with Crippen LogP contribution in [0.2, 0.25) is 0 Å². The third-order valence-corrected chi connectivity index (χ3v) is 2.73. The maximum atomic E-state index is 13.2. The lowest BCUT2D eigenvalue weighted by atomic mass is 10.0. The molecule has 3 nitrogen and oxygen atoms in total. The van der Waals surface area contributed by atoms with Gasteiger partial charge in [-0.25, -0.2) is 4.39 Å². The molecule has 0 bridgehead atoms. The molecule has 1 rings (SSSR count). The fourth-order valence-corrected chi connectivity index (χ4v) is 1.75. The highest BCUT2D eigenvalue weighted by Crippen LogP contribution is 2.28. The molecule has 0 saturated heterocycles. The van der Waals surface area contributed by atoms with Crippen LogP contribution < -0.4 is 16.0 Å². The van der Waals surface area contributed by atoms with Crippen molar-refractivity contribution in [3.05, 3.63) is 29.6 Å². The molecule has 1 aromatic carbocycles. The molecule has 0 aliphatic carbocycles. The van der Waals surface area contributed by atoms with Gasteiger partial charge in [0.05, 0.1) is 7.11 Å². The number of methoxy groups -OCH3 is 1. The SMILES string of the molecule is COc1cc(C(CCCC(F)(F)F)NN)ccc1F. The van der Waals surface area contributed by atoms with Crippen LogP contribution in [-0.2, 0) is 0 Å². The minimum absolute atomic E-state index is 0.0357. The highest BCUT2D eigenvalue weighted by molar-refractivity contribution is 5.32. The first-order chi connectivity index (χ1) is 8.87. The molecule has 0 fully saturated rings. The van der Waals surface area contributed by atoms with Gasteiger partial charge in [0.1, 0.15) is 0 Å². The van der Waals surface area contributed by atoms with E-state index in [1.807, 2.05) is 0 Å². The first-order valence-corrected chi connectivity index (χ1v) is 5.73. The monoisotopic (exact) mass is 280 g/mol. The molecule has 0 saturated carbocycles. The van der Waals surface area contributed by atoms with Crippen molar-refractivity contribution in [1.82, 2.24) is 5.43 Å². The van der Waals surface area contributed by atoms with Crippen LogP contribution in [0.5, 0.6) is 5.75 Å². The third-order valence-electron chi connectivity index (χ3n) is 2.73. The number of nitrogens with one attached hydrogen (secondary N) is 1. The predicted molar refractivity (Wildman–Crippen MR) is 62.9 cm³/mol. The molecule has 0 aromatic heterocycles. The summed E-state index contributed by atoms with van der Waals surface area (Å²) in [5.41, 5.74) is 3.02. The van der Waals surface area contributed by atoms with Crippen LogP contribution in [0.3, 0.4) is 0 Å². The standard InChI is InChI=1S/C12H16F4N2O/c1-19-11-7-8(4-5-9(11)13)10(18-17)3-2-6-12(14,15)16/h4-5,7,10,18H,2-3,6,17H2,1H3. The van der Waals surface area contributed by atoms with Gasteiger partial charge in [0.2, 0.25) is 0 Å². The van der Waals surface area contributed by atoms with Crippen molar-refractivity contribution in [3.8, 4) is 5.75 Å². The predicted octanol–water partition coefficient (Wildman–Crippen LogP) is 3.07. The lowest BCUT2D eigenvalue weighted by molar-refractivity contribution is -0.135. The van der Waals surface area contributed by atoms with Crippen LogP contribution in [0.1, 0.15) is 30.9 Å². The Hall–Kier alpha value is -1.34. The van der Waals surface area contributed by atoms with Gasteiger partial charge in [-0.15, -0.1) is 0 Å². The molecular weight excluding hydrogens is 264 g/mol. The summed E-state index contributed by atoms with van der Waals surface area (Å²) in [6.07, 6.45) is -4.91. The zero-order valence-electron chi connectivity index (χ0n) is 10.4. The summed E-state index contributed by atoms with van der Waals surface area (Å²) < 4.78 is 54.2. The van der Waals surface area contributed by atoms with Crippen molar-refractivity contribution in [3.63, 3.8) is 0 Å². The van der Waals surface area contributed by atoms with E-state index in [0.717, 1.165) is 0 Å². The third kappa shape index (κ3) is 5.04. The van der Waals surface area contributed by atoms with Crippen molar-refractivity contribution in [1.29, 1.82) is 0 Å². The molecule has 1 unspecified atom stereocenters. The van der Waals surface area contributed by atoms with E-state index in [0.29, 0.717) is 5.56 Å². The van der Waals surface area contributed by atoms with Gasteiger partial charge < -0.3 is 4.74 Å². The Balaban J connectivity index is 2.69. The van der Waals surface area contributed by atoms with E-state index in [2.05, 4.69) is 5.43 Å². The number of hydrogen-bond acceptors (Lipinski definition) is 3. The molecule has 0 aliphatic heterocycles. The molecule has 19 heavy (non-hydrogen) atoms. The minimum Gasteiger partial charge on any atom is -0.494 e. The van der Waals surface area contributed by atoms with E-state index in [1.165, 1.54) is 25.3 Å². The lowest BCUT2D eigenvalue weighted by Crippen LogP contribution is -2.28. The molecule has 0 aliphatic rings. The first kappa shape index (κ1) is 15.7. The Labute approximate surface area is 108 Å². The minimum atomic E-state index is -4.18. The molecule has 7 heteroatoms. The largest absolute Gasteiger partial charge is 0.494 e. The smallest absolute Gasteiger partial charge is 0.389 e. The van der Waals surface area contributed by atoms with Gasteiger partial charge in [-0.2, -0.15) is 13.2 Å². The van der Waals surface area contributed by atoms with Gasteiger partial charge in [0.25, 0.3) is 0 Å². The molecule has 0 amide bonds. The first-order valence-electron chi connectivity index (χ1n) is 5.73. The van der Waals surface area contributed by atoms with E-state index in [9.17, 15) is 17.6 Å². The maximum Gasteiger partial charge on any atom is 0.389 e. The zero-order chi connectivity index (χ0) is 14.5. The summed E-state index contributed by atoms with van der Waals surface area (Å²) in [5.74, 6) is 4.82. The van der Waals surface area contributed by atoms with Gasteiger partial charge in [0, 0.05) is 12.5 Å². The van der Waals surface area contributed by atoms with Crippen LogP contribution in [0.15, 0.2) is 18.2 Å². The van der Waals surface area contributed by atoms with Crippen molar-refractivity contribution < 1.29 is 22.3 Å². The summed E-state index contributed by atoms with van der Waals surface area (Å²) in [6, 6.07) is 3.61. The van der Waals surface area contributed by atoms with Crippen molar-refractivity contribution in [2.75, 3.05) is 7.11 Å². The molecule has 3 N–H and O–H groups in total. The van der Waals surface area contributed by atoms with Crippen LogP contribution in [-0.4, -0.2) is 13.3 Å². The van der Waals surface area contributed by atoms with Crippen molar-refractivity contribution in [2.45, 2.75) is 31.5 Å². The highest BCUT2D eigenvalue weighted by Gasteiger charge is 2.26. The summed E-state index contributed by atoms with van der Waals surface area (Å²) in [6.45, 7) is 0. The van der Waals surface area contributed by atoms with E-state index in [4.69, 9.17) is 10.6 Å². The number of rotatable bonds is 6. The Kier molecular flexibility index (Phi) is 5.56. The number of ether oxygens (including phenoxy) is 1. The molecule has 1 aromatic rings. The van der Waals surface area contributed by atoms with Crippen LogP contribution in [0, 0.1) is 5.82 Å². The summed E-state index contributed by atoms with van der Waals surface area (Å²) in [4.78, 5) is 0. The maximum absolute atomic E-state index is 13.2. The number of hydrogen-bond donors (Lipinski definition) is 2. The van der Waals surface area contributed by atoms with Gasteiger partial charge >= 0.3 is 6.18 Å². The molecule has 0 heterocycles. The van der Waals surface area contributed by atoms with Gasteiger partial charge in [-0.3, -0.25) is 11.3 Å². The summed E-state index contributed by atoms with van der Waals surface area (Å²) in [5, 5.41) is 0. The quantitative estimate of drug-likeness (QED) is 0.478. The average molecular weight is 280 g/mol.